The minimum absolute atomic E-state index is 0.00324. The van der Waals surface area contributed by atoms with E-state index in [9.17, 15) is 21.6 Å². The summed E-state index contributed by atoms with van der Waals surface area (Å²) in [7, 11) is -3.90. The van der Waals surface area contributed by atoms with Crippen LogP contribution in [-0.2, 0) is 10.0 Å². The molecule has 2 aliphatic rings. The third kappa shape index (κ3) is 4.16. The molecule has 4 heterocycles. The zero-order chi connectivity index (χ0) is 24.3. The van der Waals surface area contributed by atoms with Crippen LogP contribution in [0.1, 0.15) is 38.1 Å². The van der Waals surface area contributed by atoms with Gasteiger partial charge >= 0.3 is 0 Å². The highest BCUT2D eigenvalue weighted by atomic mass is 32.2. The zero-order valence-electron chi connectivity index (χ0n) is 18.5. The summed E-state index contributed by atoms with van der Waals surface area (Å²) in [5.41, 5.74) is 0.638. The number of sulfonamides is 1. The summed E-state index contributed by atoms with van der Waals surface area (Å²) < 4.78 is 70.6. The maximum absolute atomic E-state index is 13.6. The molecule has 0 amide bonds. The zero-order valence-corrected chi connectivity index (χ0v) is 20.1. The predicted molar refractivity (Wildman–Crippen MR) is 122 cm³/mol. The normalized spacial score (nSPS) is 22.6. The van der Waals surface area contributed by atoms with E-state index in [1.165, 1.54) is 10.6 Å². The number of piperazine rings is 1. The molecule has 1 aliphatic carbocycles. The van der Waals surface area contributed by atoms with Gasteiger partial charge in [0, 0.05) is 30.9 Å². The summed E-state index contributed by atoms with van der Waals surface area (Å²) >= 11 is 0.699. The topological polar surface area (TPSA) is 105 Å². The molecule has 34 heavy (non-hydrogen) atoms. The van der Waals surface area contributed by atoms with Gasteiger partial charge in [-0.05, 0) is 32.8 Å². The standard InChI is InChI=1S/C20H24F3N7O2S2/c1-11-13(8-21)24-5-6-29(11)14-7-12(34(31,32)28-20(2)3-4-20)10-30-15(14)9-25-17(30)19-27-26-18(33-19)16(22)23/h7,9-11,13,16,24,28H,3-6,8H2,1-2H3/t11-,13+/m0/s1. The lowest BCUT2D eigenvalue weighted by molar-refractivity contribution is 0.150. The lowest BCUT2D eigenvalue weighted by atomic mass is 10.1. The second-order valence-electron chi connectivity index (χ2n) is 8.96. The Kier molecular flexibility index (Phi) is 5.81. The highest BCUT2D eigenvalue weighted by Gasteiger charge is 2.42. The predicted octanol–water partition coefficient (Wildman–Crippen LogP) is 2.76. The van der Waals surface area contributed by atoms with Crippen molar-refractivity contribution in [2.75, 3.05) is 24.7 Å². The molecule has 0 spiro atoms. The SMILES string of the molecule is C[C@H]1[C@@H](CF)NCCN1c1cc(S(=O)(=O)NC2(C)CC2)cn2c(-c3nnc(C(F)F)s3)ncc12. The second-order valence-corrected chi connectivity index (χ2v) is 11.7. The Morgan fingerprint density at radius 2 is 2.12 bits per heavy atom. The number of anilines is 1. The number of pyridine rings is 1. The Morgan fingerprint density at radius 3 is 2.76 bits per heavy atom. The summed E-state index contributed by atoms with van der Waals surface area (Å²) in [6.45, 7) is 4.18. The van der Waals surface area contributed by atoms with Crippen LogP contribution >= 0.6 is 11.3 Å². The molecule has 2 fully saturated rings. The average molecular weight is 516 g/mol. The molecule has 0 radical (unpaired) electrons. The van der Waals surface area contributed by atoms with Gasteiger partial charge in [0.05, 0.1) is 23.4 Å². The molecule has 2 N–H and O–H groups in total. The molecule has 14 heteroatoms. The Bertz CT molecular complexity index is 1320. The Labute approximate surface area is 198 Å². The number of nitrogens with one attached hydrogen (secondary N) is 2. The van der Waals surface area contributed by atoms with Crippen LogP contribution in [0.2, 0.25) is 0 Å². The first kappa shape index (κ1) is 23.5. The molecule has 1 saturated carbocycles. The van der Waals surface area contributed by atoms with Gasteiger partial charge in [-0.15, -0.1) is 10.2 Å². The van der Waals surface area contributed by atoms with Crippen molar-refractivity contribution in [3.8, 4) is 10.8 Å². The van der Waals surface area contributed by atoms with Crippen LogP contribution in [-0.4, -0.2) is 65.4 Å². The first-order valence-corrected chi connectivity index (χ1v) is 13.1. The fourth-order valence-corrected chi connectivity index (χ4v) is 6.34. The van der Waals surface area contributed by atoms with Gasteiger partial charge < -0.3 is 10.2 Å². The maximum atomic E-state index is 13.6. The monoisotopic (exact) mass is 515 g/mol. The fourth-order valence-electron chi connectivity index (χ4n) is 4.16. The van der Waals surface area contributed by atoms with Gasteiger partial charge in [-0.25, -0.2) is 31.3 Å². The van der Waals surface area contributed by atoms with Crippen molar-refractivity contribution in [1.29, 1.82) is 0 Å². The highest BCUT2D eigenvalue weighted by Crippen LogP contribution is 2.38. The van der Waals surface area contributed by atoms with Crippen molar-refractivity contribution >= 4 is 32.6 Å². The molecule has 9 nitrogen and oxygen atoms in total. The summed E-state index contributed by atoms with van der Waals surface area (Å²) in [5, 5.41) is 10.2. The van der Waals surface area contributed by atoms with Gasteiger partial charge in [0.2, 0.25) is 10.0 Å². The number of alkyl halides is 3. The molecule has 184 valence electrons. The first-order valence-electron chi connectivity index (χ1n) is 10.8. The lowest BCUT2D eigenvalue weighted by Crippen LogP contribution is -2.57. The maximum Gasteiger partial charge on any atom is 0.291 e. The number of nitrogens with zero attached hydrogens (tertiary/aromatic N) is 5. The average Bonchev–Trinajstić information content (AvgIpc) is 3.19. The van der Waals surface area contributed by atoms with Crippen LogP contribution in [0.4, 0.5) is 18.9 Å². The van der Waals surface area contributed by atoms with E-state index in [0.29, 0.717) is 35.6 Å². The Morgan fingerprint density at radius 1 is 1.35 bits per heavy atom. The van der Waals surface area contributed by atoms with Crippen LogP contribution in [0.25, 0.3) is 16.3 Å². The second kappa shape index (κ2) is 8.43. The van der Waals surface area contributed by atoms with Gasteiger partial charge in [-0.2, -0.15) is 0 Å². The molecule has 2 atom stereocenters. The molecular formula is C20H24F3N7O2S2. The fraction of sp³-hybridized carbons (Fsp3) is 0.550. The number of imidazole rings is 1. The van der Waals surface area contributed by atoms with E-state index in [4.69, 9.17) is 0 Å². The molecule has 0 aromatic carbocycles. The van der Waals surface area contributed by atoms with Gasteiger partial charge in [0.25, 0.3) is 6.43 Å². The number of rotatable bonds is 7. The minimum Gasteiger partial charge on any atom is -0.364 e. The third-order valence-electron chi connectivity index (χ3n) is 6.41. The van der Waals surface area contributed by atoms with Crippen molar-refractivity contribution in [1.82, 2.24) is 29.6 Å². The lowest BCUT2D eigenvalue weighted by Gasteiger charge is -2.41. The van der Waals surface area contributed by atoms with E-state index in [-0.39, 0.29) is 21.8 Å². The number of hydrogen-bond acceptors (Lipinski definition) is 8. The van der Waals surface area contributed by atoms with Crippen LogP contribution in [0.5, 0.6) is 0 Å². The van der Waals surface area contributed by atoms with E-state index < -0.39 is 39.7 Å². The summed E-state index contributed by atoms with van der Waals surface area (Å²) in [6, 6.07) is 0.882. The van der Waals surface area contributed by atoms with Gasteiger partial charge in [0.1, 0.15) is 11.6 Å². The molecule has 5 rings (SSSR count). The Hall–Kier alpha value is -2.29. The number of fused-ring (bicyclic) bond motifs is 1. The molecule has 1 saturated heterocycles. The molecular weight excluding hydrogens is 491 g/mol. The van der Waals surface area contributed by atoms with Gasteiger partial charge in [-0.1, -0.05) is 11.3 Å². The van der Waals surface area contributed by atoms with Crippen molar-refractivity contribution in [3.05, 3.63) is 23.5 Å². The molecule has 1 aliphatic heterocycles. The van der Waals surface area contributed by atoms with E-state index in [1.54, 1.807) is 12.3 Å². The molecule has 3 aromatic heterocycles. The Balaban J connectivity index is 1.67. The van der Waals surface area contributed by atoms with Crippen LogP contribution in [0, 0.1) is 0 Å². The highest BCUT2D eigenvalue weighted by molar-refractivity contribution is 7.89. The van der Waals surface area contributed by atoms with Crippen LogP contribution in [0.3, 0.4) is 0 Å². The van der Waals surface area contributed by atoms with Crippen molar-refractivity contribution in [2.24, 2.45) is 0 Å². The smallest absolute Gasteiger partial charge is 0.291 e. The summed E-state index contributed by atoms with van der Waals surface area (Å²) in [4.78, 5) is 6.31. The largest absolute Gasteiger partial charge is 0.364 e. The van der Waals surface area contributed by atoms with Gasteiger partial charge in [0.15, 0.2) is 15.8 Å². The van der Waals surface area contributed by atoms with Crippen LogP contribution in [0.15, 0.2) is 23.4 Å². The molecule has 0 unspecified atom stereocenters. The van der Waals surface area contributed by atoms with Crippen molar-refractivity contribution < 1.29 is 21.6 Å². The quantitative estimate of drug-likeness (QED) is 0.499. The first-order chi connectivity index (χ1) is 16.1. The van der Waals surface area contributed by atoms with E-state index in [0.717, 1.165) is 12.8 Å². The van der Waals surface area contributed by atoms with E-state index in [1.807, 2.05) is 18.7 Å². The van der Waals surface area contributed by atoms with Crippen molar-refractivity contribution in [2.45, 2.75) is 55.6 Å². The third-order valence-corrected chi connectivity index (χ3v) is 8.95. The van der Waals surface area contributed by atoms with E-state index >= 15 is 0 Å². The number of aromatic nitrogens is 4. The molecule has 3 aromatic rings. The molecule has 0 bridgehead atoms. The number of halogens is 3. The minimum atomic E-state index is -3.90. The summed E-state index contributed by atoms with van der Waals surface area (Å²) in [6.07, 6.45) is 1.67. The van der Waals surface area contributed by atoms with Gasteiger partial charge in [-0.3, -0.25) is 4.40 Å². The number of hydrogen-bond donors (Lipinski definition) is 2. The van der Waals surface area contributed by atoms with Crippen LogP contribution < -0.4 is 14.9 Å². The van der Waals surface area contributed by atoms with Crippen molar-refractivity contribution in [3.63, 3.8) is 0 Å². The summed E-state index contributed by atoms with van der Waals surface area (Å²) in [5.74, 6) is 0.208. The van der Waals surface area contributed by atoms with E-state index in [2.05, 4.69) is 25.2 Å².